The fourth-order valence-electron chi connectivity index (χ4n) is 1.63. The first-order valence-corrected chi connectivity index (χ1v) is 4.82. The van der Waals surface area contributed by atoms with Crippen molar-refractivity contribution in [3.8, 4) is 0 Å². The lowest BCUT2D eigenvalue weighted by molar-refractivity contribution is 0.315. The second-order valence-electron chi connectivity index (χ2n) is 3.33. The van der Waals surface area contributed by atoms with Gasteiger partial charge in [-0.2, -0.15) is 9.78 Å². The van der Waals surface area contributed by atoms with E-state index in [9.17, 15) is 4.39 Å². The van der Waals surface area contributed by atoms with Gasteiger partial charge in [-0.3, -0.25) is 0 Å². The molecular weight excluding hydrogens is 211 g/mol. The molecule has 0 aliphatic heterocycles. The molecule has 84 valence electrons. The Morgan fingerprint density at radius 1 is 1.62 bits per heavy atom. The Balaban J connectivity index is 2.79. The van der Waals surface area contributed by atoms with Gasteiger partial charge < -0.3 is 10.9 Å². The Morgan fingerprint density at radius 2 is 2.38 bits per heavy atom. The minimum Gasteiger partial charge on any atom is -0.408 e. The summed E-state index contributed by atoms with van der Waals surface area (Å²) in [6.45, 7) is 1.93. The highest BCUT2D eigenvalue weighted by Gasteiger charge is 2.12. The van der Waals surface area contributed by atoms with Crippen LogP contribution in [0.3, 0.4) is 0 Å². The van der Waals surface area contributed by atoms with Crippen molar-refractivity contribution >= 4 is 16.9 Å². The highest BCUT2D eigenvalue weighted by Crippen LogP contribution is 2.19. The van der Waals surface area contributed by atoms with E-state index in [0.717, 1.165) is 11.1 Å². The number of halogens is 1. The molecule has 0 spiro atoms. The predicted octanol–water partition coefficient (Wildman–Crippen LogP) is 1.29. The second kappa shape index (κ2) is 3.80. The molecule has 3 N–H and O–H groups in total. The third kappa shape index (κ3) is 1.48. The van der Waals surface area contributed by atoms with E-state index < -0.39 is 0 Å². The molecule has 0 saturated heterocycles. The molecule has 2 aromatic rings. The topological polar surface area (TPSA) is 76.4 Å². The van der Waals surface area contributed by atoms with E-state index in [2.05, 4.69) is 10.3 Å². The van der Waals surface area contributed by atoms with E-state index >= 15 is 0 Å². The van der Waals surface area contributed by atoms with Crippen LogP contribution in [-0.4, -0.2) is 20.9 Å². The number of aryl methyl sites for hydroxylation is 1. The monoisotopic (exact) mass is 222 g/mol. The molecule has 0 saturated carbocycles. The minimum atomic E-state index is -0.387. The average Bonchev–Trinajstić information content (AvgIpc) is 2.66. The largest absolute Gasteiger partial charge is 0.408 e. The summed E-state index contributed by atoms with van der Waals surface area (Å²) in [6.07, 6.45) is 0.688. The molecule has 0 radical (unpaired) electrons. The Morgan fingerprint density at radius 3 is 3.00 bits per heavy atom. The van der Waals surface area contributed by atoms with Gasteiger partial charge in [0.2, 0.25) is 0 Å². The quantitative estimate of drug-likeness (QED) is 0.330. The molecule has 0 aliphatic rings. The molecule has 1 heterocycles. The maximum Gasteiger partial charge on any atom is 0.258 e. The molecule has 0 fully saturated rings. The van der Waals surface area contributed by atoms with Crippen molar-refractivity contribution in [2.24, 2.45) is 10.9 Å². The first kappa shape index (κ1) is 10.4. The molecule has 0 atom stereocenters. The van der Waals surface area contributed by atoms with Crippen molar-refractivity contribution in [1.29, 1.82) is 0 Å². The number of rotatable bonds is 1. The molecule has 16 heavy (non-hydrogen) atoms. The summed E-state index contributed by atoms with van der Waals surface area (Å²) in [5.74, 6) is -0.572. The van der Waals surface area contributed by atoms with E-state index in [-0.39, 0.29) is 11.8 Å². The van der Waals surface area contributed by atoms with Gasteiger partial charge >= 0.3 is 0 Å². The second-order valence-corrected chi connectivity index (χ2v) is 3.33. The third-order valence-corrected chi connectivity index (χ3v) is 2.37. The van der Waals surface area contributed by atoms with Gasteiger partial charge in [0, 0.05) is 11.5 Å². The molecule has 6 heteroatoms. The number of fused-ring (bicyclic) bond motifs is 1. The number of nitrogens with zero attached hydrogens (tertiary/aromatic N) is 3. The fraction of sp³-hybridized carbons (Fsp3) is 0.200. The molecule has 0 bridgehead atoms. The van der Waals surface area contributed by atoms with Crippen LogP contribution in [0.4, 0.5) is 4.39 Å². The lowest BCUT2D eigenvalue weighted by atomic mass is 10.2. The molecule has 5 nitrogen and oxygen atoms in total. The van der Waals surface area contributed by atoms with E-state index in [1.165, 1.54) is 16.8 Å². The van der Waals surface area contributed by atoms with E-state index in [1.807, 2.05) is 6.92 Å². The normalized spacial score (nSPS) is 12.2. The van der Waals surface area contributed by atoms with Crippen LogP contribution in [0.2, 0.25) is 0 Å². The van der Waals surface area contributed by atoms with Gasteiger partial charge in [-0.1, -0.05) is 6.92 Å². The van der Waals surface area contributed by atoms with Gasteiger partial charge in [-0.25, -0.2) is 4.39 Å². The van der Waals surface area contributed by atoms with Gasteiger partial charge in [0.15, 0.2) is 0 Å². The predicted molar refractivity (Wildman–Crippen MR) is 57.9 cm³/mol. The maximum atomic E-state index is 13.1. The first-order chi connectivity index (χ1) is 7.67. The van der Waals surface area contributed by atoms with Gasteiger partial charge in [0.05, 0.1) is 11.2 Å². The van der Waals surface area contributed by atoms with Crippen molar-refractivity contribution in [2.75, 3.05) is 0 Å². The first-order valence-electron chi connectivity index (χ1n) is 4.82. The van der Waals surface area contributed by atoms with Gasteiger partial charge in [0.25, 0.3) is 5.96 Å². The lowest BCUT2D eigenvalue weighted by Crippen LogP contribution is -2.23. The summed E-state index contributed by atoms with van der Waals surface area (Å²) in [6, 6.07) is 4.30. The van der Waals surface area contributed by atoms with Crippen LogP contribution in [-0.2, 0) is 6.42 Å². The summed E-state index contributed by atoms with van der Waals surface area (Å²) in [4.78, 5) is 0. The zero-order valence-electron chi connectivity index (χ0n) is 8.68. The van der Waals surface area contributed by atoms with E-state index in [0.29, 0.717) is 11.9 Å². The van der Waals surface area contributed by atoms with Crippen molar-refractivity contribution in [2.45, 2.75) is 13.3 Å². The smallest absolute Gasteiger partial charge is 0.258 e. The highest BCUT2D eigenvalue weighted by atomic mass is 19.1. The number of hydrogen-bond acceptors (Lipinski definition) is 3. The summed E-state index contributed by atoms with van der Waals surface area (Å²) >= 11 is 0. The Hall–Kier alpha value is -2.11. The number of aromatic nitrogens is 2. The molecule has 0 amide bonds. The standard InChI is InChI=1S/C10H11FN4O/c1-2-8-7-4-3-6(11)5-9(7)15(13-8)10(12)14-16/h3-5,16H,2H2,1H3,(H2,12,14). The maximum absolute atomic E-state index is 13.1. The molecule has 1 aromatic carbocycles. The molecule has 2 rings (SSSR count). The molecular formula is C10H11FN4O. The highest BCUT2D eigenvalue weighted by molar-refractivity contribution is 5.92. The molecule has 0 aliphatic carbocycles. The van der Waals surface area contributed by atoms with Crippen LogP contribution in [0.25, 0.3) is 10.9 Å². The summed E-state index contributed by atoms with van der Waals surface area (Å²) in [5, 5.41) is 16.4. The van der Waals surface area contributed by atoms with Crippen LogP contribution in [0, 0.1) is 5.82 Å². The van der Waals surface area contributed by atoms with Crippen molar-refractivity contribution in [1.82, 2.24) is 9.78 Å². The van der Waals surface area contributed by atoms with Crippen LogP contribution >= 0.6 is 0 Å². The fourth-order valence-corrected chi connectivity index (χ4v) is 1.63. The van der Waals surface area contributed by atoms with Crippen LogP contribution in [0.5, 0.6) is 0 Å². The third-order valence-electron chi connectivity index (χ3n) is 2.37. The Bertz CT molecular complexity index is 561. The zero-order valence-corrected chi connectivity index (χ0v) is 8.68. The van der Waals surface area contributed by atoms with E-state index in [1.54, 1.807) is 6.07 Å². The van der Waals surface area contributed by atoms with Crippen molar-refractivity contribution in [3.63, 3.8) is 0 Å². The van der Waals surface area contributed by atoms with Crippen LogP contribution < -0.4 is 5.73 Å². The number of hydrogen-bond donors (Lipinski definition) is 2. The van der Waals surface area contributed by atoms with Crippen LogP contribution in [0.1, 0.15) is 12.6 Å². The van der Waals surface area contributed by atoms with Gasteiger partial charge in [-0.15, -0.1) is 0 Å². The molecule has 0 unspecified atom stereocenters. The zero-order chi connectivity index (χ0) is 11.7. The van der Waals surface area contributed by atoms with E-state index in [4.69, 9.17) is 10.9 Å². The number of benzene rings is 1. The minimum absolute atomic E-state index is 0.185. The van der Waals surface area contributed by atoms with Gasteiger partial charge in [-0.05, 0) is 23.7 Å². The Labute approximate surface area is 91.0 Å². The lowest BCUT2D eigenvalue weighted by Gasteiger charge is -1.98. The van der Waals surface area contributed by atoms with Gasteiger partial charge in [0.1, 0.15) is 5.82 Å². The number of nitrogens with two attached hydrogens (primary N) is 1. The van der Waals surface area contributed by atoms with Crippen molar-refractivity contribution < 1.29 is 9.60 Å². The summed E-state index contributed by atoms with van der Waals surface area (Å²) in [7, 11) is 0. The summed E-state index contributed by atoms with van der Waals surface area (Å²) in [5.41, 5.74) is 6.73. The number of oxime groups is 1. The Kier molecular flexibility index (Phi) is 2.47. The van der Waals surface area contributed by atoms with Crippen LogP contribution in [0.15, 0.2) is 23.4 Å². The van der Waals surface area contributed by atoms with Crippen molar-refractivity contribution in [3.05, 3.63) is 29.7 Å². The molecule has 1 aromatic heterocycles. The summed E-state index contributed by atoms with van der Waals surface area (Å²) < 4.78 is 14.3. The SMILES string of the molecule is CCc1nn(/C(N)=N\O)c2cc(F)ccc12. The average molecular weight is 222 g/mol.